The quantitative estimate of drug-likeness (QED) is 0.912. The van der Waals surface area contributed by atoms with E-state index in [-0.39, 0.29) is 5.54 Å². The van der Waals surface area contributed by atoms with E-state index in [2.05, 4.69) is 41.4 Å². The lowest BCUT2D eigenvalue weighted by atomic mass is 10.1. The largest absolute Gasteiger partial charge is 0.481 e. The molecule has 2 heterocycles. The van der Waals surface area contributed by atoms with Crippen LogP contribution in [0.25, 0.3) is 0 Å². The van der Waals surface area contributed by atoms with Crippen LogP contribution in [0.3, 0.4) is 0 Å². The Bertz CT molecular complexity index is 527. The summed E-state index contributed by atoms with van der Waals surface area (Å²) in [5.74, 6) is 0.601. The van der Waals surface area contributed by atoms with Crippen LogP contribution in [-0.2, 0) is 12.1 Å². The highest BCUT2D eigenvalue weighted by molar-refractivity contribution is 5.42. The number of rotatable bonds is 4. The highest BCUT2D eigenvalue weighted by Crippen LogP contribution is 2.14. The SMILES string of the molecule is COc1ccc(NCc2cn(C(C)(C)C)nn2)cn1. The lowest BCUT2D eigenvalue weighted by Crippen LogP contribution is -2.22. The molecule has 0 bridgehead atoms. The van der Waals surface area contributed by atoms with Crippen LogP contribution in [0.15, 0.2) is 24.5 Å². The fourth-order valence-corrected chi connectivity index (χ4v) is 1.51. The van der Waals surface area contributed by atoms with Crippen LogP contribution in [0.2, 0.25) is 0 Å². The number of hydrogen-bond acceptors (Lipinski definition) is 5. The molecule has 0 aliphatic carbocycles. The molecule has 0 aliphatic rings. The molecule has 2 aromatic rings. The summed E-state index contributed by atoms with van der Waals surface area (Å²) in [6.45, 7) is 6.88. The molecule has 0 spiro atoms. The van der Waals surface area contributed by atoms with Crippen LogP contribution in [-0.4, -0.2) is 27.1 Å². The molecule has 2 aromatic heterocycles. The summed E-state index contributed by atoms with van der Waals surface area (Å²) in [6.07, 6.45) is 3.68. The molecule has 0 aromatic carbocycles. The van der Waals surface area contributed by atoms with Crippen molar-refractivity contribution in [3.8, 4) is 5.88 Å². The number of pyridine rings is 1. The Balaban J connectivity index is 1.96. The van der Waals surface area contributed by atoms with Crippen molar-refractivity contribution in [2.75, 3.05) is 12.4 Å². The molecule has 0 fully saturated rings. The van der Waals surface area contributed by atoms with Gasteiger partial charge < -0.3 is 10.1 Å². The Kier molecular flexibility index (Phi) is 3.69. The zero-order valence-corrected chi connectivity index (χ0v) is 11.7. The summed E-state index contributed by atoms with van der Waals surface area (Å²) >= 11 is 0. The first-order valence-corrected chi connectivity index (χ1v) is 6.14. The van der Waals surface area contributed by atoms with Gasteiger partial charge in [0.05, 0.1) is 37.3 Å². The number of hydrogen-bond donors (Lipinski definition) is 1. The molecule has 0 radical (unpaired) electrons. The van der Waals surface area contributed by atoms with Crippen molar-refractivity contribution >= 4 is 5.69 Å². The molecule has 0 saturated carbocycles. The van der Waals surface area contributed by atoms with Crippen LogP contribution in [0.1, 0.15) is 26.5 Å². The van der Waals surface area contributed by atoms with Crippen molar-refractivity contribution in [3.63, 3.8) is 0 Å². The molecule has 0 amide bonds. The van der Waals surface area contributed by atoms with Gasteiger partial charge in [0, 0.05) is 6.07 Å². The third-order valence-electron chi connectivity index (χ3n) is 2.65. The van der Waals surface area contributed by atoms with E-state index >= 15 is 0 Å². The summed E-state index contributed by atoms with van der Waals surface area (Å²) in [5.41, 5.74) is 1.77. The van der Waals surface area contributed by atoms with Crippen molar-refractivity contribution < 1.29 is 4.74 Å². The molecule has 1 N–H and O–H groups in total. The third kappa shape index (κ3) is 3.43. The van der Waals surface area contributed by atoms with E-state index in [1.807, 2.05) is 23.0 Å². The van der Waals surface area contributed by atoms with E-state index in [1.54, 1.807) is 13.3 Å². The number of ether oxygens (including phenoxy) is 1. The Morgan fingerprint density at radius 2 is 2.11 bits per heavy atom. The average Bonchev–Trinajstić information content (AvgIpc) is 2.86. The van der Waals surface area contributed by atoms with Crippen molar-refractivity contribution in [1.29, 1.82) is 0 Å². The van der Waals surface area contributed by atoms with E-state index in [4.69, 9.17) is 4.74 Å². The van der Waals surface area contributed by atoms with E-state index in [0.29, 0.717) is 12.4 Å². The smallest absolute Gasteiger partial charge is 0.213 e. The molecule has 6 nitrogen and oxygen atoms in total. The Morgan fingerprint density at radius 3 is 2.63 bits per heavy atom. The molecular formula is C13H19N5O. The van der Waals surface area contributed by atoms with Gasteiger partial charge in [-0.3, -0.25) is 0 Å². The molecule has 2 rings (SSSR count). The number of methoxy groups -OCH3 is 1. The Morgan fingerprint density at radius 1 is 1.32 bits per heavy atom. The Labute approximate surface area is 112 Å². The van der Waals surface area contributed by atoms with Crippen molar-refractivity contribution in [1.82, 2.24) is 20.0 Å². The van der Waals surface area contributed by atoms with E-state index in [1.165, 1.54) is 0 Å². The van der Waals surface area contributed by atoms with Crippen LogP contribution >= 0.6 is 0 Å². The third-order valence-corrected chi connectivity index (χ3v) is 2.65. The monoisotopic (exact) mass is 261 g/mol. The lowest BCUT2D eigenvalue weighted by Gasteiger charge is -2.17. The predicted octanol–water partition coefficient (Wildman–Crippen LogP) is 2.05. The van der Waals surface area contributed by atoms with Gasteiger partial charge in [-0.25, -0.2) is 9.67 Å². The van der Waals surface area contributed by atoms with Crippen LogP contribution in [0.4, 0.5) is 5.69 Å². The molecule has 6 heteroatoms. The molecular weight excluding hydrogens is 242 g/mol. The summed E-state index contributed by atoms with van der Waals surface area (Å²) in [6, 6.07) is 3.73. The highest BCUT2D eigenvalue weighted by atomic mass is 16.5. The minimum absolute atomic E-state index is 0.0487. The maximum atomic E-state index is 5.01. The number of nitrogens with zero attached hydrogens (tertiary/aromatic N) is 4. The first-order valence-electron chi connectivity index (χ1n) is 6.14. The number of anilines is 1. The predicted molar refractivity (Wildman–Crippen MR) is 73.1 cm³/mol. The molecule has 0 unspecified atom stereocenters. The van der Waals surface area contributed by atoms with Gasteiger partial charge in [-0.05, 0) is 26.8 Å². The highest BCUT2D eigenvalue weighted by Gasteiger charge is 2.14. The molecule has 102 valence electrons. The maximum absolute atomic E-state index is 5.01. The van der Waals surface area contributed by atoms with Gasteiger partial charge in [-0.15, -0.1) is 5.10 Å². The van der Waals surface area contributed by atoms with Gasteiger partial charge in [0.1, 0.15) is 5.69 Å². The Hall–Kier alpha value is -2.11. The summed E-state index contributed by atoms with van der Waals surface area (Å²) in [5, 5.41) is 11.5. The van der Waals surface area contributed by atoms with E-state index < -0.39 is 0 Å². The average molecular weight is 261 g/mol. The van der Waals surface area contributed by atoms with Gasteiger partial charge >= 0.3 is 0 Å². The van der Waals surface area contributed by atoms with Gasteiger partial charge in [0.2, 0.25) is 5.88 Å². The fourth-order valence-electron chi connectivity index (χ4n) is 1.51. The van der Waals surface area contributed by atoms with Gasteiger partial charge in [-0.2, -0.15) is 0 Å². The first kappa shape index (κ1) is 13.3. The molecule has 19 heavy (non-hydrogen) atoms. The van der Waals surface area contributed by atoms with Gasteiger partial charge in [-0.1, -0.05) is 5.21 Å². The van der Waals surface area contributed by atoms with Crippen LogP contribution < -0.4 is 10.1 Å². The minimum Gasteiger partial charge on any atom is -0.481 e. The maximum Gasteiger partial charge on any atom is 0.213 e. The fraction of sp³-hybridized carbons (Fsp3) is 0.462. The van der Waals surface area contributed by atoms with Crippen LogP contribution in [0, 0.1) is 0 Å². The van der Waals surface area contributed by atoms with Gasteiger partial charge in [0.15, 0.2) is 0 Å². The molecule has 0 aliphatic heterocycles. The zero-order valence-electron chi connectivity index (χ0n) is 11.7. The second kappa shape index (κ2) is 5.26. The normalized spacial score (nSPS) is 11.4. The van der Waals surface area contributed by atoms with Crippen molar-refractivity contribution in [2.45, 2.75) is 32.9 Å². The minimum atomic E-state index is -0.0487. The number of aromatic nitrogens is 4. The second-order valence-electron chi connectivity index (χ2n) is 5.27. The van der Waals surface area contributed by atoms with E-state index in [0.717, 1.165) is 11.4 Å². The zero-order chi connectivity index (χ0) is 13.9. The molecule has 0 saturated heterocycles. The summed E-state index contributed by atoms with van der Waals surface area (Å²) < 4.78 is 6.87. The topological polar surface area (TPSA) is 64.9 Å². The standard InChI is InChI=1S/C13H19N5O/c1-13(2,3)18-9-11(16-17-18)8-14-10-5-6-12(19-4)15-7-10/h5-7,9,14H,8H2,1-4H3. The first-order chi connectivity index (χ1) is 8.99. The van der Waals surface area contributed by atoms with Gasteiger partial charge in [0.25, 0.3) is 0 Å². The van der Waals surface area contributed by atoms with Crippen molar-refractivity contribution in [3.05, 3.63) is 30.2 Å². The van der Waals surface area contributed by atoms with E-state index in [9.17, 15) is 0 Å². The summed E-state index contributed by atoms with van der Waals surface area (Å²) in [4.78, 5) is 4.13. The van der Waals surface area contributed by atoms with Crippen LogP contribution in [0.5, 0.6) is 5.88 Å². The summed E-state index contributed by atoms with van der Waals surface area (Å²) in [7, 11) is 1.60. The molecule has 0 atom stereocenters. The lowest BCUT2D eigenvalue weighted by molar-refractivity contribution is 0.347. The number of nitrogens with one attached hydrogen (secondary N) is 1. The second-order valence-corrected chi connectivity index (χ2v) is 5.27. The van der Waals surface area contributed by atoms with Crippen molar-refractivity contribution in [2.24, 2.45) is 0 Å².